The summed E-state index contributed by atoms with van der Waals surface area (Å²) < 4.78 is 5.34. The van der Waals surface area contributed by atoms with Gasteiger partial charge in [-0.05, 0) is 53.6 Å². The highest BCUT2D eigenvalue weighted by Gasteiger charge is 2.34. The van der Waals surface area contributed by atoms with Crippen LogP contribution in [-0.4, -0.2) is 17.4 Å². The number of amides is 1. The number of rotatable bonds is 2. The molecule has 23 heavy (non-hydrogen) atoms. The van der Waals surface area contributed by atoms with Crippen molar-refractivity contribution in [3.8, 4) is 0 Å². The van der Waals surface area contributed by atoms with Crippen LogP contribution < -0.4 is 0 Å². The first-order valence-electron chi connectivity index (χ1n) is 7.72. The summed E-state index contributed by atoms with van der Waals surface area (Å²) in [5, 5.41) is 2.12. The van der Waals surface area contributed by atoms with Crippen molar-refractivity contribution in [2.45, 2.75) is 19.4 Å². The molecular weight excluding hydrogens is 306 g/mol. The predicted octanol–water partition coefficient (Wildman–Crippen LogP) is 4.44. The van der Waals surface area contributed by atoms with Crippen molar-refractivity contribution < 1.29 is 9.21 Å². The molecule has 0 bridgehead atoms. The van der Waals surface area contributed by atoms with Crippen LogP contribution in [0.15, 0.2) is 58.5 Å². The van der Waals surface area contributed by atoms with Crippen molar-refractivity contribution in [1.29, 1.82) is 0 Å². The SMILES string of the molecule is Cc1ccccc1[C@@H]1c2ccsc2CCN1C(=O)c1ccco1. The molecule has 4 rings (SSSR count). The number of nitrogens with zero attached hydrogens (tertiary/aromatic N) is 1. The monoisotopic (exact) mass is 323 g/mol. The third-order valence-corrected chi connectivity index (χ3v) is 5.44. The highest BCUT2D eigenvalue weighted by atomic mass is 32.1. The quantitative estimate of drug-likeness (QED) is 0.698. The third kappa shape index (κ3) is 2.39. The number of hydrogen-bond acceptors (Lipinski definition) is 3. The Morgan fingerprint density at radius 3 is 2.83 bits per heavy atom. The maximum absolute atomic E-state index is 12.9. The number of hydrogen-bond donors (Lipinski definition) is 0. The van der Waals surface area contributed by atoms with Gasteiger partial charge in [0.15, 0.2) is 5.76 Å². The summed E-state index contributed by atoms with van der Waals surface area (Å²) in [6.45, 7) is 2.82. The van der Waals surface area contributed by atoms with Crippen molar-refractivity contribution in [1.82, 2.24) is 4.90 Å². The van der Waals surface area contributed by atoms with E-state index in [4.69, 9.17) is 4.42 Å². The number of aryl methyl sites for hydroxylation is 1. The number of benzene rings is 1. The van der Waals surface area contributed by atoms with E-state index >= 15 is 0 Å². The summed E-state index contributed by atoms with van der Waals surface area (Å²) in [5.41, 5.74) is 3.64. The second-order valence-corrected chi connectivity index (χ2v) is 6.78. The maximum Gasteiger partial charge on any atom is 0.290 e. The van der Waals surface area contributed by atoms with Gasteiger partial charge < -0.3 is 9.32 Å². The van der Waals surface area contributed by atoms with Crippen LogP contribution in [-0.2, 0) is 6.42 Å². The topological polar surface area (TPSA) is 33.5 Å². The van der Waals surface area contributed by atoms with Crippen molar-refractivity contribution in [2.24, 2.45) is 0 Å². The van der Waals surface area contributed by atoms with E-state index in [0.717, 1.165) is 6.42 Å². The van der Waals surface area contributed by atoms with Crippen LogP contribution in [0.2, 0.25) is 0 Å². The summed E-state index contributed by atoms with van der Waals surface area (Å²) in [4.78, 5) is 16.2. The lowest BCUT2D eigenvalue weighted by Gasteiger charge is -2.36. The van der Waals surface area contributed by atoms with Gasteiger partial charge in [-0.2, -0.15) is 0 Å². The Morgan fingerprint density at radius 1 is 1.17 bits per heavy atom. The molecule has 0 fully saturated rings. The molecule has 1 aromatic carbocycles. The minimum atomic E-state index is -0.0416. The third-order valence-electron chi connectivity index (χ3n) is 4.44. The molecule has 0 saturated carbocycles. The molecule has 0 saturated heterocycles. The molecule has 1 atom stereocenters. The van der Waals surface area contributed by atoms with Crippen LogP contribution in [0.3, 0.4) is 0 Å². The number of carbonyl (C=O) groups excluding carboxylic acids is 1. The molecule has 1 aliphatic rings. The van der Waals surface area contributed by atoms with Gasteiger partial charge in [-0.1, -0.05) is 24.3 Å². The Morgan fingerprint density at radius 2 is 2.04 bits per heavy atom. The minimum Gasteiger partial charge on any atom is -0.459 e. The molecule has 0 N–H and O–H groups in total. The van der Waals surface area contributed by atoms with Gasteiger partial charge in [-0.3, -0.25) is 4.79 Å². The van der Waals surface area contributed by atoms with Crippen LogP contribution in [0.1, 0.15) is 38.2 Å². The van der Waals surface area contributed by atoms with E-state index in [1.54, 1.807) is 29.7 Å². The lowest BCUT2D eigenvalue weighted by molar-refractivity contribution is 0.0663. The molecule has 3 heterocycles. The Balaban J connectivity index is 1.83. The summed E-state index contributed by atoms with van der Waals surface area (Å²) in [5.74, 6) is 0.363. The van der Waals surface area contributed by atoms with Gasteiger partial charge >= 0.3 is 0 Å². The summed E-state index contributed by atoms with van der Waals surface area (Å²) >= 11 is 1.78. The molecule has 4 heteroatoms. The molecule has 1 aliphatic heterocycles. The van der Waals surface area contributed by atoms with Crippen LogP contribution in [0.25, 0.3) is 0 Å². The smallest absolute Gasteiger partial charge is 0.290 e. The molecule has 3 aromatic rings. The fraction of sp³-hybridized carbons (Fsp3) is 0.211. The number of thiophene rings is 1. The lowest BCUT2D eigenvalue weighted by Crippen LogP contribution is -2.40. The zero-order valence-corrected chi connectivity index (χ0v) is 13.7. The fourth-order valence-electron chi connectivity index (χ4n) is 3.31. The van der Waals surface area contributed by atoms with Crippen molar-refractivity contribution in [3.05, 3.63) is 81.4 Å². The molecule has 0 spiro atoms. The van der Waals surface area contributed by atoms with Gasteiger partial charge in [0.25, 0.3) is 5.91 Å². The average Bonchev–Trinajstić information content (AvgIpc) is 3.25. The van der Waals surface area contributed by atoms with Crippen molar-refractivity contribution in [3.63, 3.8) is 0 Å². The number of furan rings is 1. The molecular formula is C19H17NO2S. The van der Waals surface area contributed by atoms with Crippen LogP contribution in [0, 0.1) is 6.92 Å². The standard InChI is InChI=1S/C19H17NO2S/c1-13-5-2-3-6-14(13)18-15-9-12-23-17(15)8-10-20(18)19(21)16-7-4-11-22-16/h2-7,9,11-12,18H,8,10H2,1H3/t18-/m1/s1. The van der Waals surface area contributed by atoms with Gasteiger partial charge in [0, 0.05) is 11.4 Å². The van der Waals surface area contributed by atoms with E-state index in [1.165, 1.54) is 21.6 Å². The van der Waals surface area contributed by atoms with E-state index < -0.39 is 0 Å². The highest BCUT2D eigenvalue weighted by molar-refractivity contribution is 7.10. The highest BCUT2D eigenvalue weighted by Crippen LogP contribution is 2.39. The van der Waals surface area contributed by atoms with Crippen LogP contribution in [0.4, 0.5) is 0 Å². The Hall–Kier alpha value is -2.33. The molecule has 116 valence electrons. The van der Waals surface area contributed by atoms with Gasteiger partial charge in [-0.25, -0.2) is 0 Å². The lowest BCUT2D eigenvalue weighted by atomic mass is 9.90. The summed E-state index contributed by atoms with van der Waals surface area (Å²) in [7, 11) is 0. The fourth-order valence-corrected chi connectivity index (χ4v) is 4.21. The zero-order valence-electron chi connectivity index (χ0n) is 12.9. The van der Waals surface area contributed by atoms with Crippen LogP contribution in [0.5, 0.6) is 0 Å². The largest absolute Gasteiger partial charge is 0.459 e. The Bertz CT molecular complexity index is 835. The van der Waals surface area contributed by atoms with E-state index in [1.807, 2.05) is 17.0 Å². The number of carbonyl (C=O) groups is 1. The first-order chi connectivity index (χ1) is 11.3. The van der Waals surface area contributed by atoms with E-state index in [2.05, 4.69) is 30.5 Å². The van der Waals surface area contributed by atoms with Gasteiger partial charge in [0.2, 0.25) is 0 Å². The van der Waals surface area contributed by atoms with E-state index in [9.17, 15) is 4.79 Å². The van der Waals surface area contributed by atoms with Gasteiger partial charge in [0.05, 0.1) is 12.3 Å². The summed E-state index contributed by atoms with van der Waals surface area (Å²) in [6.07, 6.45) is 2.46. The van der Waals surface area contributed by atoms with Crippen molar-refractivity contribution >= 4 is 17.2 Å². The maximum atomic E-state index is 12.9. The van der Waals surface area contributed by atoms with Crippen molar-refractivity contribution in [2.75, 3.05) is 6.54 Å². The molecule has 0 unspecified atom stereocenters. The predicted molar refractivity (Wildman–Crippen MR) is 90.8 cm³/mol. The Kier molecular flexibility index (Phi) is 3.54. The van der Waals surface area contributed by atoms with E-state index in [-0.39, 0.29) is 11.9 Å². The summed E-state index contributed by atoms with van der Waals surface area (Å²) in [6, 6.07) is 13.9. The molecule has 2 aromatic heterocycles. The second-order valence-electron chi connectivity index (χ2n) is 5.78. The first-order valence-corrected chi connectivity index (χ1v) is 8.60. The molecule has 1 amide bonds. The molecule has 0 aliphatic carbocycles. The van der Waals surface area contributed by atoms with E-state index in [0.29, 0.717) is 12.3 Å². The van der Waals surface area contributed by atoms with Gasteiger partial charge in [0.1, 0.15) is 0 Å². The minimum absolute atomic E-state index is 0.0381. The molecule has 0 radical (unpaired) electrons. The first kappa shape index (κ1) is 14.3. The Labute approximate surface area is 139 Å². The number of fused-ring (bicyclic) bond motifs is 1. The average molecular weight is 323 g/mol. The normalized spacial score (nSPS) is 17.1. The van der Waals surface area contributed by atoms with Crippen LogP contribution >= 0.6 is 11.3 Å². The zero-order chi connectivity index (χ0) is 15.8. The molecule has 3 nitrogen and oxygen atoms in total. The second kappa shape index (κ2) is 5.70. The van der Waals surface area contributed by atoms with Gasteiger partial charge in [-0.15, -0.1) is 11.3 Å².